The number of rotatable bonds is 6. The molecule has 37 heavy (non-hydrogen) atoms. The standard InChI is InChI=1S/C26H24F3N3O4S/c1-37(2,34)32-18-9-7-16(8-10-18)15-3-5-17(6-4-15)25-19(27)11-20-21(31-25)12-24(30-20)36-23-14-35-22(13-33)26(23,28)29/h3-12,22-23,30,33H,13-14H2,1-2H3/t22-,23-/m1/s1. The van der Waals surface area contributed by atoms with Crippen LogP contribution < -0.4 is 4.74 Å². The number of hydrogen-bond acceptors (Lipinski definition) is 6. The molecular formula is C26H24F3N3O4S. The molecule has 1 aliphatic heterocycles. The molecule has 11 heteroatoms. The second-order valence-electron chi connectivity index (χ2n) is 9.07. The van der Waals surface area contributed by atoms with Gasteiger partial charge in [-0.15, -0.1) is 0 Å². The minimum atomic E-state index is -3.37. The number of H-pyrrole nitrogens is 1. The van der Waals surface area contributed by atoms with Crippen molar-refractivity contribution < 1.29 is 32.0 Å². The number of aliphatic hydroxyl groups is 1. The summed E-state index contributed by atoms with van der Waals surface area (Å²) in [4.78, 5) is 7.13. The fraction of sp³-hybridized carbons (Fsp3) is 0.269. The Morgan fingerprint density at radius 3 is 2.32 bits per heavy atom. The van der Waals surface area contributed by atoms with Crippen LogP contribution in [-0.4, -0.2) is 63.1 Å². The van der Waals surface area contributed by atoms with E-state index in [-0.39, 0.29) is 18.2 Å². The maximum absolute atomic E-state index is 14.9. The summed E-state index contributed by atoms with van der Waals surface area (Å²) >= 11 is 0. The van der Waals surface area contributed by atoms with E-state index in [4.69, 9.17) is 14.6 Å². The average molecular weight is 532 g/mol. The third kappa shape index (κ3) is 5.20. The van der Waals surface area contributed by atoms with Gasteiger partial charge in [0.05, 0.1) is 29.9 Å². The summed E-state index contributed by atoms with van der Waals surface area (Å²) in [6.07, 6.45) is -0.0833. The molecule has 2 aromatic heterocycles. The number of halogens is 3. The Morgan fingerprint density at radius 1 is 1.11 bits per heavy atom. The molecule has 2 aromatic carbocycles. The highest BCUT2D eigenvalue weighted by Gasteiger charge is 2.55. The maximum Gasteiger partial charge on any atom is 0.314 e. The summed E-state index contributed by atoms with van der Waals surface area (Å²) in [6, 6.07) is 17.1. The molecule has 0 spiro atoms. The monoisotopic (exact) mass is 531 g/mol. The predicted molar refractivity (Wildman–Crippen MR) is 135 cm³/mol. The van der Waals surface area contributed by atoms with Gasteiger partial charge in [0.25, 0.3) is 0 Å². The summed E-state index contributed by atoms with van der Waals surface area (Å²) in [6.45, 7) is -1.21. The van der Waals surface area contributed by atoms with E-state index in [1.54, 1.807) is 36.8 Å². The molecular weight excluding hydrogens is 507 g/mol. The molecule has 0 radical (unpaired) electrons. The van der Waals surface area contributed by atoms with Gasteiger partial charge in [-0.1, -0.05) is 36.4 Å². The van der Waals surface area contributed by atoms with Crippen LogP contribution in [0.5, 0.6) is 5.88 Å². The van der Waals surface area contributed by atoms with Crippen LogP contribution in [0.15, 0.2) is 65.0 Å². The maximum atomic E-state index is 14.9. The Kier molecular flexibility index (Phi) is 6.47. The van der Waals surface area contributed by atoms with Crippen LogP contribution in [0.2, 0.25) is 0 Å². The van der Waals surface area contributed by atoms with E-state index in [0.29, 0.717) is 22.3 Å². The van der Waals surface area contributed by atoms with Crippen molar-refractivity contribution in [3.63, 3.8) is 0 Å². The topological polar surface area (TPSA) is 96.8 Å². The zero-order valence-corrected chi connectivity index (χ0v) is 20.8. The molecule has 2 N–H and O–H groups in total. The Hall–Kier alpha value is -3.41. The number of aliphatic hydroxyl groups excluding tert-OH is 1. The third-order valence-corrected chi connectivity index (χ3v) is 6.61. The van der Waals surface area contributed by atoms with Gasteiger partial charge in [-0.3, -0.25) is 0 Å². The van der Waals surface area contributed by atoms with Crippen molar-refractivity contribution in [1.29, 1.82) is 0 Å². The van der Waals surface area contributed by atoms with E-state index in [0.717, 1.165) is 11.1 Å². The second-order valence-corrected chi connectivity index (χ2v) is 11.6. The average Bonchev–Trinajstić information content (AvgIpc) is 3.36. The molecule has 1 saturated heterocycles. The number of fused-ring (bicyclic) bond motifs is 1. The van der Waals surface area contributed by atoms with E-state index < -0.39 is 40.3 Å². The smallest absolute Gasteiger partial charge is 0.314 e. The minimum absolute atomic E-state index is 0.00147. The highest BCUT2D eigenvalue weighted by molar-refractivity contribution is 7.92. The molecule has 0 amide bonds. The third-order valence-electron chi connectivity index (χ3n) is 5.96. The zero-order chi connectivity index (χ0) is 26.4. The largest absolute Gasteiger partial charge is 0.467 e. The summed E-state index contributed by atoms with van der Waals surface area (Å²) in [5.41, 5.74) is 3.72. The van der Waals surface area contributed by atoms with Crippen LogP contribution in [0.25, 0.3) is 33.4 Å². The number of alkyl halides is 2. The van der Waals surface area contributed by atoms with Gasteiger partial charge in [-0.05, 0) is 23.3 Å². The van der Waals surface area contributed by atoms with Crippen molar-refractivity contribution in [3.8, 4) is 28.3 Å². The molecule has 5 rings (SSSR count). The number of hydrogen-bond donors (Lipinski definition) is 2. The molecule has 1 aliphatic rings. The van der Waals surface area contributed by atoms with Gasteiger partial charge < -0.3 is 19.6 Å². The van der Waals surface area contributed by atoms with Gasteiger partial charge in [-0.25, -0.2) is 13.6 Å². The van der Waals surface area contributed by atoms with Crippen LogP contribution in [0.3, 0.4) is 0 Å². The molecule has 4 aromatic rings. The summed E-state index contributed by atoms with van der Waals surface area (Å²) < 4.78 is 69.8. The molecule has 194 valence electrons. The first-order valence-corrected chi connectivity index (χ1v) is 13.7. The lowest BCUT2D eigenvalue weighted by Gasteiger charge is -2.21. The Balaban J connectivity index is 1.37. The molecule has 0 unspecified atom stereocenters. The highest BCUT2D eigenvalue weighted by Crippen LogP contribution is 2.36. The van der Waals surface area contributed by atoms with E-state index in [2.05, 4.69) is 14.3 Å². The van der Waals surface area contributed by atoms with Crippen molar-refractivity contribution in [2.75, 3.05) is 25.7 Å². The van der Waals surface area contributed by atoms with Crippen molar-refractivity contribution in [1.82, 2.24) is 9.97 Å². The van der Waals surface area contributed by atoms with Gasteiger partial charge in [0.15, 0.2) is 17.8 Å². The lowest BCUT2D eigenvalue weighted by molar-refractivity contribution is -0.118. The van der Waals surface area contributed by atoms with Crippen LogP contribution in [0.1, 0.15) is 0 Å². The number of nitrogens with zero attached hydrogens (tertiary/aromatic N) is 2. The second kappa shape index (κ2) is 9.47. The van der Waals surface area contributed by atoms with E-state index in [1.165, 1.54) is 12.1 Å². The first-order chi connectivity index (χ1) is 17.5. The van der Waals surface area contributed by atoms with Crippen molar-refractivity contribution in [2.24, 2.45) is 4.36 Å². The highest BCUT2D eigenvalue weighted by atomic mass is 32.2. The van der Waals surface area contributed by atoms with Crippen LogP contribution in [0.4, 0.5) is 18.9 Å². The summed E-state index contributed by atoms with van der Waals surface area (Å²) in [5.74, 6) is -3.96. The van der Waals surface area contributed by atoms with Gasteiger partial charge in [0.1, 0.15) is 11.8 Å². The van der Waals surface area contributed by atoms with Crippen LogP contribution in [-0.2, 0) is 14.5 Å². The molecule has 0 saturated carbocycles. The van der Waals surface area contributed by atoms with Gasteiger partial charge >= 0.3 is 5.92 Å². The number of pyridine rings is 1. The molecule has 0 bridgehead atoms. The summed E-state index contributed by atoms with van der Waals surface area (Å²) in [7, 11) is -2.25. The van der Waals surface area contributed by atoms with Gasteiger partial charge in [0, 0.05) is 39.9 Å². The molecule has 2 atom stereocenters. The number of aromatic nitrogens is 2. The van der Waals surface area contributed by atoms with Crippen molar-refractivity contribution in [3.05, 3.63) is 66.5 Å². The molecule has 7 nitrogen and oxygen atoms in total. The first-order valence-electron chi connectivity index (χ1n) is 11.4. The zero-order valence-electron chi connectivity index (χ0n) is 20.0. The molecule has 3 heterocycles. The Morgan fingerprint density at radius 2 is 1.73 bits per heavy atom. The quantitative estimate of drug-likeness (QED) is 0.358. The lowest BCUT2D eigenvalue weighted by atomic mass is 10.0. The first kappa shape index (κ1) is 25.2. The SMILES string of the molecule is CS(C)(=O)=Nc1ccc(-c2ccc(-c3nc4cc(O[C@@H]5CO[C@H](CO)C5(F)F)[nH]c4cc3F)cc2)cc1. The summed E-state index contributed by atoms with van der Waals surface area (Å²) in [5, 5.41) is 9.07. The van der Waals surface area contributed by atoms with Gasteiger partial charge in [0.2, 0.25) is 0 Å². The van der Waals surface area contributed by atoms with Crippen molar-refractivity contribution in [2.45, 2.75) is 18.1 Å². The predicted octanol–water partition coefficient (Wildman–Crippen LogP) is 5.17. The molecule has 0 aliphatic carbocycles. The van der Waals surface area contributed by atoms with E-state index >= 15 is 0 Å². The number of aromatic amines is 1. The number of ether oxygens (including phenoxy) is 2. The lowest BCUT2D eigenvalue weighted by Crippen LogP contribution is -2.43. The van der Waals surface area contributed by atoms with Crippen molar-refractivity contribution >= 4 is 26.4 Å². The van der Waals surface area contributed by atoms with Gasteiger partial charge in [-0.2, -0.15) is 13.1 Å². The minimum Gasteiger partial charge on any atom is -0.467 e. The Bertz CT molecular complexity index is 1550. The Labute approximate surface area is 211 Å². The number of benzene rings is 2. The van der Waals surface area contributed by atoms with Crippen LogP contribution in [0, 0.1) is 5.82 Å². The fourth-order valence-electron chi connectivity index (χ4n) is 4.13. The normalized spacial score (nSPS) is 19.3. The number of nitrogens with one attached hydrogen (secondary N) is 1. The van der Waals surface area contributed by atoms with E-state index in [1.807, 2.05) is 24.3 Å². The van der Waals surface area contributed by atoms with Crippen LogP contribution >= 0.6 is 0 Å². The fourth-order valence-corrected chi connectivity index (χ4v) is 4.76. The molecule has 1 fully saturated rings. The van der Waals surface area contributed by atoms with E-state index in [9.17, 15) is 17.4 Å².